The van der Waals surface area contributed by atoms with E-state index in [1.54, 1.807) is 27.4 Å². The minimum absolute atomic E-state index is 0.375. The zero-order valence-corrected chi connectivity index (χ0v) is 12.4. The van der Waals surface area contributed by atoms with Crippen LogP contribution in [0.4, 0.5) is 5.69 Å². The molecule has 0 radical (unpaired) electrons. The molecule has 2 N–H and O–H groups in total. The molecular formula is C16H19NO4. The van der Waals surface area contributed by atoms with Crippen molar-refractivity contribution in [3.63, 3.8) is 0 Å². The first-order chi connectivity index (χ1) is 10.2. The molecular weight excluding hydrogens is 270 g/mol. The van der Waals surface area contributed by atoms with Crippen molar-refractivity contribution in [2.75, 3.05) is 27.1 Å². The summed E-state index contributed by atoms with van der Waals surface area (Å²) < 4.78 is 21.6. The molecule has 112 valence electrons. The lowest BCUT2D eigenvalue weighted by molar-refractivity contribution is 0.298. The highest BCUT2D eigenvalue weighted by atomic mass is 16.5. The molecule has 0 aromatic heterocycles. The number of ether oxygens (including phenoxy) is 4. The van der Waals surface area contributed by atoms with E-state index in [4.69, 9.17) is 24.7 Å². The van der Waals surface area contributed by atoms with Crippen LogP contribution in [0.2, 0.25) is 0 Å². The van der Waals surface area contributed by atoms with E-state index in [0.29, 0.717) is 35.3 Å². The Bertz CT molecular complexity index is 588. The van der Waals surface area contributed by atoms with Gasteiger partial charge in [0.05, 0.1) is 21.3 Å². The monoisotopic (exact) mass is 289 g/mol. The fraction of sp³-hybridized carbons (Fsp3) is 0.250. The van der Waals surface area contributed by atoms with Crippen LogP contribution in [-0.2, 0) is 6.61 Å². The minimum Gasteiger partial charge on any atom is -0.493 e. The number of methoxy groups -OCH3 is 3. The Morgan fingerprint density at radius 1 is 0.905 bits per heavy atom. The van der Waals surface area contributed by atoms with Gasteiger partial charge < -0.3 is 24.7 Å². The van der Waals surface area contributed by atoms with Gasteiger partial charge in [0.25, 0.3) is 0 Å². The molecule has 0 aliphatic carbocycles. The predicted molar refractivity (Wildman–Crippen MR) is 81.3 cm³/mol. The SMILES string of the molecule is COc1cc(COc2cccc(N)c2)cc(OC)c1OC. The van der Waals surface area contributed by atoms with Crippen LogP contribution in [0, 0.1) is 0 Å². The Balaban J connectivity index is 2.20. The highest BCUT2D eigenvalue weighted by molar-refractivity contribution is 5.53. The minimum atomic E-state index is 0.375. The maximum Gasteiger partial charge on any atom is 0.203 e. The number of hydrogen-bond donors (Lipinski definition) is 1. The summed E-state index contributed by atoms with van der Waals surface area (Å²) in [6, 6.07) is 11.0. The van der Waals surface area contributed by atoms with Crippen LogP contribution in [0.15, 0.2) is 36.4 Å². The van der Waals surface area contributed by atoms with Gasteiger partial charge in [0.15, 0.2) is 11.5 Å². The van der Waals surface area contributed by atoms with E-state index in [1.165, 1.54) is 0 Å². The Kier molecular flexibility index (Phi) is 4.77. The van der Waals surface area contributed by atoms with Gasteiger partial charge in [0.1, 0.15) is 12.4 Å². The topological polar surface area (TPSA) is 62.9 Å². The van der Waals surface area contributed by atoms with Crippen LogP contribution in [0.1, 0.15) is 5.56 Å². The van der Waals surface area contributed by atoms with Gasteiger partial charge in [-0.1, -0.05) is 6.07 Å². The van der Waals surface area contributed by atoms with Crippen molar-refractivity contribution in [1.82, 2.24) is 0 Å². The molecule has 0 bridgehead atoms. The van der Waals surface area contributed by atoms with Crippen molar-refractivity contribution in [1.29, 1.82) is 0 Å². The van der Waals surface area contributed by atoms with Crippen molar-refractivity contribution in [3.05, 3.63) is 42.0 Å². The zero-order valence-electron chi connectivity index (χ0n) is 12.4. The van der Waals surface area contributed by atoms with Gasteiger partial charge in [0.2, 0.25) is 5.75 Å². The first kappa shape index (κ1) is 14.8. The highest BCUT2D eigenvalue weighted by Gasteiger charge is 2.13. The van der Waals surface area contributed by atoms with E-state index >= 15 is 0 Å². The summed E-state index contributed by atoms with van der Waals surface area (Å²) in [5.74, 6) is 2.47. The van der Waals surface area contributed by atoms with Gasteiger partial charge in [-0.15, -0.1) is 0 Å². The van der Waals surface area contributed by atoms with Crippen LogP contribution in [0.5, 0.6) is 23.0 Å². The second kappa shape index (κ2) is 6.74. The molecule has 0 heterocycles. The zero-order chi connectivity index (χ0) is 15.2. The molecule has 5 nitrogen and oxygen atoms in total. The van der Waals surface area contributed by atoms with Crippen LogP contribution in [0.3, 0.4) is 0 Å². The summed E-state index contributed by atoms with van der Waals surface area (Å²) in [6.45, 7) is 0.375. The molecule has 0 unspecified atom stereocenters. The molecule has 0 saturated heterocycles. The third-order valence-electron chi connectivity index (χ3n) is 2.99. The van der Waals surface area contributed by atoms with Crippen molar-refractivity contribution in [2.24, 2.45) is 0 Å². The lowest BCUT2D eigenvalue weighted by Gasteiger charge is -2.14. The van der Waals surface area contributed by atoms with Gasteiger partial charge in [-0.3, -0.25) is 0 Å². The van der Waals surface area contributed by atoms with Crippen molar-refractivity contribution in [2.45, 2.75) is 6.61 Å². The summed E-state index contributed by atoms with van der Waals surface area (Å²) in [5.41, 5.74) is 7.29. The quantitative estimate of drug-likeness (QED) is 0.828. The molecule has 0 spiro atoms. The van der Waals surface area contributed by atoms with E-state index < -0.39 is 0 Å². The molecule has 5 heteroatoms. The van der Waals surface area contributed by atoms with Crippen molar-refractivity contribution >= 4 is 5.69 Å². The van der Waals surface area contributed by atoms with E-state index in [1.807, 2.05) is 30.3 Å². The number of nitrogens with two attached hydrogens (primary N) is 1. The summed E-state index contributed by atoms with van der Waals surface area (Å²) in [5, 5.41) is 0. The molecule has 0 atom stereocenters. The third-order valence-corrected chi connectivity index (χ3v) is 2.99. The molecule has 0 aliphatic rings. The lowest BCUT2D eigenvalue weighted by atomic mass is 10.2. The first-order valence-corrected chi connectivity index (χ1v) is 6.45. The van der Waals surface area contributed by atoms with Crippen molar-refractivity contribution < 1.29 is 18.9 Å². The maximum absolute atomic E-state index is 5.72. The summed E-state index contributed by atoms with van der Waals surface area (Å²) in [4.78, 5) is 0. The lowest BCUT2D eigenvalue weighted by Crippen LogP contribution is -2.00. The molecule has 2 aromatic rings. The second-order valence-corrected chi connectivity index (χ2v) is 4.39. The molecule has 2 aromatic carbocycles. The molecule has 0 amide bonds. The average molecular weight is 289 g/mol. The van der Waals surface area contributed by atoms with Gasteiger partial charge in [-0.05, 0) is 29.8 Å². The molecule has 0 aliphatic heterocycles. The van der Waals surface area contributed by atoms with Gasteiger partial charge in [0, 0.05) is 11.8 Å². The Morgan fingerprint density at radius 3 is 2.10 bits per heavy atom. The molecule has 0 fully saturated rings. The van der Waals surface area contributed by atoms with E-state index in [9.17, 15) is 0 Å². The van der Waals surface area contributed by atoms with Crippen LogP contribution < -0.4 is 24.7 Å². The van der Waals surface area contributed by atoms with E-state index in [-0.39, 0.29) is 0 Å². The average Bonchev–Trinajstić information content (AvgIpc) is 2.51. The Labute approximate surface area is 124 Å². The normalized spacial score (nSPS) is 10.0. The first-order valence-electron chi connectivity index (χ1n) is 6.45. The van der Waals surface area contributed by atoms with E-state index in [2.05, 4.69) is 0 Å². The second-order valence-electron chi connectivity index (χ2n) is 4.39. The summed E-state index contributed by atoms with van der Waals surface area (Å²) in [7, 11) is 4.74. The van der Waals surface area contributed by atoms with Gasteiger partial charge in [-0.2, -0.15) is 0 Å². The molecule has 2 rings (SSSR count). The number of hydrogen-bond acceptors (Lipinski definition) is 5. The standard InChI is InChI=1S/C16H19NO4/c1-18-14-7-11(8-15(19-2)16(14)20-3)10-21-13-6-4-5-12(17)9-13/h4-9H,10,17H2,1-3H3. The van der Waals surface area contributed by atoms with Crippen LogP contribution >= 0.6 is 0 Å². The third kappa shape index (κ3) is 3.51. The van der Waals surface area contributed by atoms with Crippen LogP contribution in [0.25, 0.3) is 0 Å². The van der Waals surface area contributed by atoms with Gasteiger partial charge in [-0.25, -0.2) is 0 Å². The summed E-state index contributed by atoms with van der Waals surface area (Å²) >= 11 is 0. The number of rotatable bonds is 6. The fourth-order valence-corrected chi connectivity index (χ4v) is 1.99. The Morgan fingerprint density at radius 2 is 1.57 bits per heavy atom. The number of anilines is 1. The number of nitrogen functional groups attached to an aromatic ring is 1. The smallest absolute Gasteiger partial charge is 0.203 e. The Hall–Kier alpha value is -2.56. The fourth-order valence-electron chi connectivity index (χ4n) is 1.99. The number of benzene rings is 2. The van der Waals surface area contributed by atoms with Crippen LogP contribution in [-0.4, -0.2) is 21.3 Å². The van der Waals surface area contributed by atoms with Gasteiger partial charge >= 0.3 is 0 Å². The predicted octanol–water partition coefficient (Wildman–Crippen LogP) is 2.87. The maximum atomic E-state index is 5.72. The molecule has 0 saturated carbocycles. The van der Waals surface area contributed by atoms with Crippen molar-refractivity contribution in [3.8, 4) is 23.0 Å². The summed E-state index contributed by atoms with van der Waals surface area (Å²) in [6.07, 6.45) is 0. The van der Waals surface area contributed by atoms with E-state index in [0.717, 1.165) is 5.56 Å². The molecule has 21 heavy (non-hydrogen) atoms. The largest absolute Gasteiger partial charge is 0.493 e. The highest BCUT2D eigenvalue weighted by Crippen LogP contribution is 2.38.